The number of nitrogens with zero attached hydrogens (tertiary/aromatic N) is 2. The zero-order chi connectivity index (χ0) is 20.8. The topological polar surface area (TPSA) is 26.4 Å². The van der Waals surface area contributed by atoms with Crippen molar-refractivity contribution in [3.05, 3.63) is 76.8 Å². The number of hydrogen-bond donors (Lipinski definition) is 0. The molecule has 3 nitrogen and oxygen atoms in total. The van der Waals surface area contributed by atoms with Gasteiger partial charge in [-0.25, -0.2) is 4.39 Å². The standard InChI is InChI=1S/C25H22ClFN2O/c1-2-22(30)24-23(17-6-10-18(26)11-7-17)20-5-3-4-14-28-21(15-29(24)25(20)28)16-8-12-19(27)13-9-16/h6-13,15H,2-5,14H2,1H3. The second kappa shape index (κ2) is 7.44. The minimum atomic E-state index is -0.250. The Bertz CT molecular complexity index is 1250. The molecule has 0 saturated carbocycles. The minimum absolute atomic E-state index is 0.115. The number of ketones is 1. The zero-order valence-corrected chi connectivity index (χ0v) is 17.5. The molecule has 0 bridgehead atoms. The van der Waals surface area contributed by atoms with E-state index in [9.17, 15) is 9.18 Å². The molecule has 0 saturated heterocycles. The summed E-state index contributed by atoms with van der Waals surface area (Å²) in [6.45, 7) is 2.77. The van der Waals surface area contributed by atoms with Gasteiger partial charge in [0.15, 0.2) is 5.78 Å². The van der Waals surface area contributed by atoms with Gasteiger partial charge >= 0.3 is 0 Å². The summed E-state index contributed by atoms with van der Waals surface area (Å²) >= 11 is 6.12. The number of rotatable bonds is 4. The van der Waals surface area contributed by atoms with Gasteiger partial charge in [-0.1, -0.05) is 30.7 Å². The summed E-state index contributed by atoms with van der Waals surface area (Å²) < 4.78 is 17.8. The van der Waals surface area contributed by atoms with Gasteiger partial charge in [0.05, 0.1) is 11.4 Å². The second-order valence-electron chi connectivity index (χ2n) is 7.81. The van der Waals surface area contributed by atoms with Crippen LogP contribution < -0.4 is 0 Å². The van der Waals surface area contributed by atoms with Gasteiger partial charge in [-0.15, -0.1) is 0 Å². The smallest absolute Gasteiger partial charge is 0.179 e. The van der Waals surface area contributed by atoms with Crippen molar-refractivity contribution in [3.63, 3.8) is 0 Å². The summed E-state index contributed by atoms with van der Waals surface area (Å²) in [5.74, 6) is -0.134. The zero-order valence-electron chi connectivity index (χ0n) is 16.8. The van der Waals surface area contributed by atoms with Crippen molar-refractivity contribution in [2.45, 2.75) is 39.2 Å². The Morgan fingerprint density at radius 3 is 2.43 bits per heavy atom. The summed E-state index contributed by atoms with van der Waals surface area (Å²) in [5.41, 5.74) is 7.03. The highest BCUT2D eigenvalue weighted by Gasteiger charge is 2.28. The van der Waals surface area contributed by atoms with Crippen LogP contribution in [0.3, 0.4) is 0 Å². The highest BCUT2D eigenvalue weighted by Crippen LogP contribution is 2.40. The van der Waals surface area contributed by atoms with Gasteiger partial charge in [-0.3, -0.25) is 9.20 Å². The Hall–Kier alpha value is -2.85. The van der Waals surface area contributed by atoms with Gasteiger partial charge in [0.2, 0.25) is 0 Å². The minimum Gasteiger partial charge on any atom is -0.325 e. The van der Waals surface area contributed by atoms with Crippen molar-refractivity contribution >= 4 is 23.0 Å². The Morgan fingerprint density at radius 2 is 1.73 bits per heavy atom. The predicted molar refractivity (Wildman–Crippen MR) is 119 cm³/mol. The van der Waals surface area contributed by atoms with Gasteiger partial charge in [0.1, 0.15) is 11.5 Å². The molecule has 5 heteroatoms. The number of halogens is 2. The maximum Gasteiger partial charge on any atom is 0.179 e. The van der Waals surface area contributed by atoms with E-state index in [0.717, 1.165) is 59.5 Å². The number of imidazole rings is 1. The SMILES string of the molecule is CCC(=O)c1c(-c2ccc(Cl)cc2)c2c3n(c(-c4ccc(F)cc4)cn13)CCCC2. The van der Waals surface area contributed by atoms with E-state index in [2.05, 4.69) is 8.97 Å². The van der Waals surface area contributed by atoms with Crippen molar-refractivity contribution in [3.8, 4) is 22.4 Å². The Kier molecular flexibility index (Phi) is 4.75. The van der Waals surface area contributed by atoms with Crippen molar-refractivity contribution in [1.29, 1.82) is 0 Å². The molecule has 0 N–H and O–H groups in total. The fourth-order valence-corrected chi connectivity index (χ4v) is 4.73. The number of aryl methyl sites for hydroxylation is 2. The number of carbonyl (C=O) groups excluding carboxylic acids is 1. The molecule has 0 amide bonds. The van der Waals surface area contributed by atoms with Crippen LogP contribution in [0.4, 0.5) is 4.39 Å². The number of carbonyl (C=O) groups is 1. The van der Waals surface area contributed by atoms with Crippen LogP contribution >= 0.6 is 11.6 Å². The van der Waals surface area contributed by atoms with E-state index in [0.29, 0.717) is 11.4 Å². The number of benzene rings is 2. The molecule has 0 radical (unpaired) electrons. The van der Waals surface area contributed by atoms with Gasteiger partial charge in [0.25, 0.3) is 0 Å². The third-order valence-electron chi connectivity index (χ3n) is 5.99. The maximum absolute atomic E-state index is 13.5. The number of hydrogen-bond acceptors (Lipinski definition) is 1. The third-order valence-corrected chi connectivity index (χ3v) is 6.24. The van der Waals surface area contributed by atoms with Crippen molar-refractivity contribution in [2.75, 3.05) is 0 Å². The molecular weight excluding hydrogens is 399 g/mol. The van der Waals surface area contributed by atoms with E-state index in [4.69, 9.17) is 11.6 Å². The molecule has 1 aliphatic heterocycles. The molecular formula is C25H22ClFN2O. The molecule has 0 spiro atoms. The molecule has 30 heavy (non-hydrogen) atoms. The third kappa shape index (κ3) is 2.98. The average Bonchev–Trinajstić information content (AvgIpc) is 3.17. The van der Waals surface area contributed by atoms with Crippen LogP contribution in [0, 0.1) is 5.82 Å². The van der Waals surface area contributed by atoms with Crippen LogP contribution in [-0.4, -0.2) is 14.8 Å². The van der Waals surface area contributed by atoms with E-state index < -0.39 is 0 Å². The molecule has 0 atom stereocenters. The summed E-state index contributed by atoms with van der Waals surface area (Å²) in [5, 5.41) is 0.680. The normalized spacial score (nSPS) is 13.6. The van der Waals surface area contributed by atoms with Crippen LogP contribution in [0.5, 0.6) is 0 Å². The molecule has 2 aromatic heterocycles. The van der Waals surface area contributed by atoms with Gasteiger partial charge in [-0.05, 0) is 66.8 Å². The van der Waals surface area contributed by atoms with Gasteiger partial charge < -0.3 is 4.57 Å². The van der Waals surface area contributed by atoms with Crippen LogP contribution in [0.25, 0.3) is 28.0 Å². The predicted octanol–water partition coefficient (Wildman–Crippen LogP) is 6.80. The van der Waals surface area contributed by atoms with E-state index in [1.807, 2.05) is 37.4 Å². The lowest BCUT2D eigenvalue weighted by atomic mass is 9.96. The molecule has 2 aromatic carbocycles. The molecule has 0 unspecified atom stereocenters. The van der Waals surface area contributed by atoms with Crippen LogP contribution in [0.1, 0.15) is 42.2 Å². The number of Topliss-reactive ketones (excluding diaryl/α,β-unsaturated/α-hetero) is 1. The van der Waals surface area contributed by atoms with Crippen molar-refractivity contribution in [1.82, 2.24) is 8.97 Å². The quantitative estimate of drug-likeness (QED) is 0.333. The first kappa shape index (κ1) is 19.1. The molecule has 5 rings (SSSR count). The summed E-state index contributed by atoms with van der Waals surface area (Å²) in [6, 6.07) is 14.3. The average molecular weight is 421 g/mol. The lowest BCUT2D eigenvalue weighted by Gasteiger charge is -2.09. The summed E-state index contributed by atoms with van der Waals surface area (Å²) in [6.07, 6.45) is 5.52. The summed E-state index contributed by atoms with van der Waals surface area (Å²) in [7, 11) is 0. The lowest BCUT2D eigenvalue weighted by Crippen LogP contribution is -2.03. The Labute approximate surface area is 179 Å². The monoisotopic (exact) mass is 420 g/mol. The Balaban J connectivity index is 1.84. The fraction of sp³-hybridized carbons (Fsp3) is 0.240. The molecule has 0 aliphatic carbocycles. The van der Waals surface area contributed by atoms with Crippen LogP contribution in [0.15, 0.2) is 54.7 Å². The van der Waals surface area contributed by atoms with Gasteiger partial charge in [-0.2, -0.15) is 0 Å². The molecule has 0 fully saturated rings. The second-order valence-corrected chi connectivity index (χ2v) is 8.25. The van der Waals surface area contributed by atoms with Crippen LogP contribution in [-0.2, 0) is 13.0 Å². The van der Waals surface area contributed by atoms with E-state index in [1.54, 1.807) is 12.1 Å². The van der Waals surface area contributed by atoms with Crippen molar-refractivity contribution in [2.24, 2.45) is 0 Å². The summed E-state index contributed by atoms with van der Waals surface area (Å²) in [4.78, 5) is 13.1. The first-order valence-electron chi connectivity index (χ1n) is 10.4. The van der Waals surface area contributed by atoms with Crippen LogP contribution in [0.2, 0.25) is 5.02 Å². The first-order chi connectivity index (χ1) is 14.6. The van der Waals surface area contributed by atoms with Gasteiger partial charge in [0, 0.05) is 35.3 Å². The molecule has 1 aliphatic rings. The number of aromatic nitrogens is 2. The fourth-order valence-electron chi connectivity index (χ4n) is 4.61. The van der Waals surface area contributed by atoms with E-state index >= 15 is 0 Å². The molecule has 152 valence electrons. The molecule has 3 heterocycles. The van der Waals surface area contributed by atoms with E-state index in [-0.39, 0.29) is 11.6 Å². The van der Waals surface area contributed by atoms with Crippen molar-refractivity contribution < 1.29 is 9.18 Å². The maximum atomic E-state index is 13.5. The largest absolute Gasteiger partial charge is 0.325 e. The Morgan fingerprint density at radius 1 is 1.03 bits per heavy atom. The first-order valence-corrected chi connectivity index (χ1v) is 10.8. The highest BCUT2D eigenvalue weighted by atomic mass is 35.5. The lowest BCUT2D eigenvalue weighted by molar-refractivity contribution is 0.0983. The van der Waals surface area contributed by atoms with E-state index in [1.165, 1.54) is 17.7 Å². The molecule has 4 aromatic rings. The highest BCUT2D eigenvalue weighted by molar-refractivity contribution is 6.30.